The molecule has 2 rings (SSSR count). The lowest BCUT2D eigenvalue weighted by atomic mass is 10.1. The summed E-state index contributed by atoms with van der Waals surface area (Å²) in [6, 6.07) is 5.50. The number of β-amino-alcohol motifs (C(OH)–C–C–N with tert-alkyl or cyclic N) is 1. The Bertz CT molecular complexity index is 370. The molecule has 1 N–H and O–H groups in total. The molecule has 88 valence electrons. The highest BCUT2D eigenvalue weighted by atomic mass is 35.5. The molecule has 1 unspecified atom stereocenters. The van der Waals surface area contributed by atoms with Gasteiger partial charge in [-0.05, 0) is 43.1 Å². The maximum Gasteiger partial charge on any atom is 0.0667 e. The highest BCUT2D eigenvalue weighted by Crippen LogP contribution is 2.23. The van der Waals surface area contributed by atoms with Crippen molar-refractivity contribution in [2.24, 2.45) is 0 Å². The fourth-order valence-corrected chi connectivity index (χ4v) is 2.45. The average Bonchev–Trinajstić information content (AvgIpc) is 2.24. The third-order valence-corrected chi connectivity index (χ3v) is 3.49. The largest absolute Gasteiger partial charge is 0.392 e. The SMILES string of the molecule is OC1CCCN(Cc2cc(Cl)ccc2Cl)C1. The first-order valence-electron chi connectivity index (χ1n) is 5.49. The van der Waals surface area contributed by atoms with Gasteiger partial charge < -0.3 is 5.11 Å². The van der Waals surface area contributed by atoms with Gasteiger partial charge in [0.2, 0.25) is 0 Å². The minimum Gasteiger partial charge on any atom is -0.392 e. The van der Waals surface area contributed by atoms with Crippen LogP contribution in [-0.4, -0.2) is 29.2 Å². The summed E-state index contributed by atoms with van der Waals surface area (Å²) < 4.78 is 0. The second-order valence-corrected chi connectivity index (χ2v) is 5.11. The van der Waals surface area contributed by atoms with Gasteiger partial charge in [-0.25, -0.2) is 0 Å². The summed E-state index contributed by atoms with van der Waals surface area (Å²) in [5.41, 5.74) is 1.03. The highest BCUT2D eigenvalue weighted by Gasteiger charge is 2.18. The lowest BCUT2D eigenvalue weighted by molar-refractivity contribution is 0.0668. The summed E-state index contributed by atoms with van der Waals surface area (Å²) >= 11 is 12.0. The monoisotopic (exact) mass is 259 g/mol. The smallest absolute Gasteiger partial charge is 0.0667 e. The zero-order chi connectivity index (χ0) is 11.5. The van der Waals surface area contributed by atoms with E-state index in [1.165, 1.54) is 0 Å². The predicted molar refractivity (Wildman–Crippen MR) is 67.0 cm³/mol. The number of nitrogens with zero attached hydrogens (tertiary/aromatic N) is 1. The van der Waals surface area contributed by atoms with Gasteiger partial charge in [-0.2, -0.15) is 0 Å². The van der Waals surface area contributed by atoms with E-state index in [-0.39, 0.29) is 6.10 Å². The van der Waals surface area contributed by atoms with E-state index in [4.69, 9.17) is 23.2 Å². The Morgan fingerprint density at radius 2 is 2.19 bits per heavy atom. The summed E-state index contributed by atoms with van der Waals surface area (Å²) in [7, 11) is 0. The fraction of sp³-hybridized carbons (Fsp3) is 0.500. The third kappa shape index (κ3) is 3.11. The Balaban J connectivity index is 2.05. The number of piperidine rings is 1. The highest BCUT2D eigenvalue weighted by molar-refractivity contribution is 6.33. The first-order valence-corrected chi connectivity index (χ1v) is 6.25. The molecular formula is C12H15Cl2NO. The number of rotatable bonds is 2. The van der Waals surface area contributed by atoms with Crippen molar-refractivity contribution < 1.29 is 5.11 Å². The zero-order valence-corrected chi connectivity index (χ0v) is 10.5. The van der Waals surface area contributed by atoms with Crippen molar-refractivity contribution in [3.8, 4) is 0 Å². The van der Waals surface area contributed by atoms with Gasteiger partial charge in [0.1, 0.15) is 0 Å². The minimum atomic E-state index is -0.202. The standard InChI is InChI=1S/C12H15Cl2NO/c13-10-3-4-12(14)9(6-10)7-15-5-1-2-11(16)8-15/h3-4,6,11,16H,1-2,5,7-8H2. The normalized spacial score (nSPS) is 22.3. The van der Waals surface area contributed by atoms with Gasteiger partial charge in [-0.1, -0.05) is 23.2 Å². The molecule has 1 heterocycles. The molecule has 1 aromatic carbocycles. The molecule has 4 heteroatoms. The van der Waals surface area contributed by atoms with Crippen molar-refractivity contribution in [3.05, 3.63) is 33.8 Å². The van der Waals surface area contributed by atoms with Gasteiger partial charge in [-0.3, -0.25) is 4.90 Å². The molecule has 1 aliphatic rings. The molecule has 1 aromatic rings. The Labute approximate surface area is 106 Å². The van der Waals surface area contributed by atoms with Crippen molar-refractivity contribution in [2.75, 3.05) is 13.1 Å². The number of halogens is 2. The van der Waals surface area contributed by atoms with Crippen LogP contribution in [0.2, 0.25) is 10.0 Å². The van der Waals surface area contributed by atoms with Crippen LogP contribution in [0.1, 0.15) is 18.4 Å². The number of aliphatic hydroxyl groups excluding tert-OH is 1. The van der Waals surface area contributed by atoms with Crippen molar-refractivity contribution >= 4 is 23.2 Å². The first-order chi connectivity index (χ1) is 7.65. The van der Waals surface area contributed by atoms with Crippen LogP contribution in [0.25, 0.3) is 0 Å². The van der Waals surface area contributed by atoms with E-state index < -0.39 is 0 Å². The van der Waals surface area contributed by atoms with Gasteiger partial charge >= 0.3 is 0 Å². The average molecular weight is 260 g/mol. The molecule has 1 aliphatic heterocycles. The van der Waals surface area contributed by atoms with Crippen molar-refractivity contribution in [1.82, 2.24) is 4.90 Å². The maximum absolute atomic E-state index is 9.58. The summed E-state index contributed by atoms with van der Waals surface area (Å²) in [5, 5.41) is 11.0. The minimum absolute atomic E-state index is 0.202. The van der Waals surface area contributed by atoms with Crippen LogP contribution in [0.5, 0.6) is 0 Å². The lowest BCUT2D eigenvalue weighted by Crippen LogP contribution is -2.37. The predicted octanol–water partition coefficient (Wildman–Crippen LogP) is 2.95. The third-order valence-electron chi connectivity index (χ3n) is 2.88. The lowest BCUT2D eigenvalue weighted by Gasteiger charge is -2.30. The molecule has 0 amide bonds. The molecule has 0 saturated carbocycles. The molecule has 0 spiro atoms. The molecule has 0 aliphatic carbocycles. The van der Waals surface area contributed by atoms with E-state index in [0.717, 1.165) is 43.1 Å². The Morgan fingerprint density at radius 1 is 1.38 bits per heavy atom. The second kappa shape index (κ2) is 5.37. The molecule has 1 fully saturated rings. The summed E-state index contributed by atoms with van der Waals surface area (Å²) in [5.74, 6) is 0. The summed E-state index contributed by atoms with van der Waals surface area (Å²) in [4.78, 5) is 2.21. The van der Waals surface area contributed by atoms with E-state index in [1.807, 2.05) is 12.1 Å². The molecular weight excluding hydrogens is 245 g/mol. The van der Waals surface area contributed by atoms with Crippen LogP contribution in [0.3, 0.4) is 0 Å². The number of aliphatic hydroxyl groups is 1. The van der Waals surface area contributed by atoms with Crippen LogP contribution in [0.4, 0.5) is 0 Å². The van der Waals surface area contributed by atoms with E-state index >= 15 is 0 Å². The van der Waals surface area contributed by atoms with Gasteiger partial charge in [-0.15, -0.1) is 0 Å². The zero-order valence-electron chi connectivity index (χ0n) is 9.00. The fourth-order valence-electron chi connectivity index (χ4n) is 2.08. The second-order valence-electron chi connectivity index (χ2n) is 4.27. The van der Waals surface area contributed by atoms with E-state index in [9.17, 15) is 5.11 Å². The molecule has 1 atom stereocenters. The molecule has 16 heavy (non-hydrogen) atoms. The molecule has 0 radical (unpaired) electrons. The number of likely N-dealkylation sites (tertiary alicyclic amines) is 1. The molecule has 1 saturated heterocycles. The van der Waals surface area contributed by atoms with Gasteiger partial charge in [0.25, 0.3) is 0 Å². The number of benzene rings is 1. The first kappa shape index (κ1) is 12.2. The van der Waals surface area contributed by atoms with Crippen LogP contribution in [-0.2, 0) is 6.54 Å². The van der Waals surface area contributed by atoms with Gasteiger partial charge in [0.15, 0.2) is 0 Å². The van der Waals surface area contributed by atoms with Crippen LogP contribution in [0.15, 0.2) is 18.2 Å². The Hall–Kier alpha value is -0.280. The summed E-state index contributed by atoms with van der Waals surface area (Å²) in [6.45, 7) is 2.50. The van der Waals surface area contributed by atoms with Gasteiger partial charge in [0.05, 0.1) is 6.10 Å². The van der Waals surface area contributed by atoms with E-state index in [1.54, 1.807) is 6.07 Å². The summed E-state index contributed by atoms with van der Waals surface area (Å²) in [6.07, 6.45) is 1.74. The van der Waals surface area contributed by atoms with E-state index in [2.05, 4.69) is 4.90 Å². The molecule has 0 aromatic heterocycles. The maximum atomic E-state index is 9.58. The van der Waals surface area contributed by atoms with Crippen molar-refractivity contribution in [1.29, 1.82) is 0 Å². The Morgan fingerprint density at radius 3 is 2.94 bits per heavy atom. The van der Waals surface area contributed by atoms with Gasteiger partial charge in [0, 0.05) is 23.1 Å². The van der Waals surface area contributed by atoms with E-state index in [0.29, 0.717) is 5.02 Å². The quantitative estimate of drug-likeness (QED) is 0.883. The molecule has 2 nitrogen and oxygen atoms in total. The molecule has 0 bridgehead atoms. The van der Waals surface area contributed by atoms with Crippen molar-refractivity contribution in [3.63, 3.8) is 0 Å². The van der Waals surface area contributed by atoms with Crippen LogP contribution >= 0.6 is 23.2 Å². The van der Waals surface area contributed by atoms with Crippen LogP contribution < -0.4 is 0 Å². The Kier molecular flexibility index (Phi) is 4.09. The van der Waals surface area contributed by atoms with Crippen LogP contribution in [0, 0.1) is 0 Å². The number of hydrogen-bond donors (Lipinski definition) is 1. The van der Waals surface area contributed by atoms with Crippen molar-refractivity contribution in [2.45, 2.75) is 25.5 Å². The topological polar surface area (TPSA) is 23.5 Å². The number of hydrogen-bond acceptors (Lipinski definition) is 2.